The third-order valence-corrected chi connectivity index (χ3v) is 4.22. The summed E-state index contributed by atoms with van der Waals surface area (Å²) in [5.41, 5.74) is 1.39. The van der Waals surface area contributed by atoms with Crippen molar-refractivity contribution in [2.45, 2.75) is 19.4 Å². The van der Waals surface area contributed by atoms with Crippen LogP contribution in [0.5, 0.6) is 0 Å². The highest BCUT2D eigenvalue weighted by atomic mass is 19.1. The van der Waals surface area contributed by atoms with Gasteiger partial charge in [-0.25, -0.2) is 9.18 Å². The SMILES string of the molecule is CC(=O)NC[C@H]1CN(c2ccc(N3CCC(=NO)C3)c(F)c2)C(=O)O1. The van der Waals surface area contributed by atoms with Crippen LogP contribution in [0.2, 0.25) is 0 Å². The van der Waals surface area contributed by atoms with Crippen molar-refractivity contribution in [2.75, 3.05) is 36.0 Å². The average Bonchev–Trinajstić information content (AvgIpc) is 3.19. The average molecular weight is 350 g/mol. The van der Waals surface area contributed by atoms with Crippen molar-refractivity contribution >= 4 is 29.1 Å². The number of carbonyl (C=O) groups is 2. The zero-order valence-electron chi connectivity index (χ0n) is 13.7. The number of anilines is 2. The predicted octanol–water partition coefficient (Wildman–Crippen LogP) is 1.33. The molecule has 9 heteroatoms. The molecule has 0 aromatic heterocycles. The molecule has 0 bridgehead atoms. The number of benzene rings is 1. The maximum absolute atomic E-state index is 14.5. The third kappa shape index (κ3) is 3.65. The van der Waals surface area contributed by atoms with Crippen LogP contribution in [0.15, 0.2) is 23.4 Å². The molecular formula is C16H19FN4O4. The first-order valence-corrected chi connectivity index (χ1v) is 7.95. The van der Waals surface area contributed by atoms with Gasteiger partial charge in [0, 0.05) is 19.9 Å². The van der Waals surface area contributed by atoms with Gasteiger partial charge in [0.05, 0.1) is 36.7 Å². The van der Waals surface area contributed by atoms with E-state index in [2.05, 4.69) is 10.5 Å². The van der Waals surface area contributed by atoms with Gasteiger partial charge in [0.1, 0.15) is 11.9 Å². The van der Waals surface area contributed by atoms with Crippen molar-refractivity contribution in [3.63, 3.8) is 0 Å². The van der Waals surface area contributed by atoms with Gasteiger partial charge in [0.15, 0.2) is 0 Å². The summed E-state index contributed by atoms with van der Waals surface area (Å²) in [7, 11) is 0. The Kier molecular flexibility index (Phi) is 4.73. The molecule has 25 heavy (non-hydrogen) atoms. The Balaban J connectivity index is 1.70. The van der Waals surface area contributed by atoms with Gasteiger partial charge < -0.3 is 20.2 Å². The zero-order valence-corrected chi connectivity index (χ0v) is 13.7. The summed E-state index contributed by atoms with van der Waals surface area (Å²) in [6, 6.07) is 4.53. The highest BCUT2D eigenvalue weighted by molar-refractivity contribution is 5.92. The van der Waals surface area contributed by atoms with E-state index in [1.165, 1.54) is 17.9 Å². The van der Waals surface area contributed by atoms with Crippen LogP contribution in [0.25, 0.3) is 0 Å². The highest BCUT2D eigenvalue weighted by Crippen LogP contribution is 2.29. The molecule has 0 radical (unpaired) electrons. The molecule has 0 unspecified atom stereocenters. The van der Waals surface area contributed by atoms with E-state index in [0.29, 0.717) is 36.6 Å². The quantitative estimate of drug-likeness (QED) is 0.631. The van der Waals surface area contributed by atoms with E-state index in [9.17, 15) is 14.0 Å². The number of nitrogens with zero attached hydrogens (tertiary/aromatic N) is 3. The molecular weight excluding hydrogens is 331 g/mol. The van der Waals surface area contributed by atoms with E-state index < -0.39 is 18.0 Å². The molecule has 1 aromatic rings. The number of amides is 2. The van der Waals surface area contributed by atoms with E-state index in [4.69, 9.17) is 9.94 Å². The first kappa shape index (κ1) is 17.0. The largest absolute Gasteiger partial charge is 0.442 e. The van der Waals surface area contributed by atoms with Gasteiger partial charge in [0.25, 0.3) is 0 Å². The molecule has 2 amide bonds. The number of halogens is 1. The minimum Gasteiger partial charge on any atom is -0.442 e. The fraction of sp³-hybridized carbons (Fsp3) is 0.438. The molecule has 8 nitrogen and oxygen atoms in total. The van der Waals surface area contributed by atoms with E-state index in [0.717, 1.165) is 0 Å². The van der Waals surface area contributed by atoms with Crippen LogP contribution < -0.4 is 15.1 Å². The van der Waals surface area contributed by atoms with Gasteiger partial charge in [0.2, 0.25) is 5.91 Å². The van der Waals surface area contributed by atoms with Gasteiger partial charge in [-0.15, -0.1) is 0 Å². The van der Waals surface area contributed by atoms with Gasteiger partial charge >= 0.3 is 6.09 Å². The number of cyclic esters (lactones) is 1. The van der Waals surface area contributed by atoms with Crippen molar-refractivity contribution in [1.82, 2.24) is 5.32 Å². The van der Waals surface area contributed by atoms with Gasteiger partial charge in [-0.3, -0.25) is 9.69 Å². The number of rotatable bonds is 4. The number of carbonyl (C=O) groups excluding carboxylic acids is 2. The second kappa shape index (κ2) is 6.96. The molecule has 2 aliphatic heterocycles. The Morgan fingerprint density at radius 2 is 2.32 bits per heavy atom. The zero-order chi connectivity index (χ0) is 18.0. The smallest absolute Gasteiger partial charge is 0.414 e. The molecule has 2 saturated heterocycles. The minimum absolute atomic E-state index is 0.207. The maximum Gasteiger partial charge on any atom is 0.414 e. The van der Waals surface area contributed by atoms with E-state index in [1.807, 2.05) is 0 Å². The van der Waals surface area contributed by atoms with Crippen LogP contribution >= 0.6 is 0 Å². The Hall–Kier alpha value is -2.84. The number of oxime groups is 1. The van der Waals surface area contributed by atoms with Crippen molar-refractivity contribution in [1.29, 1.82) is 0 Å². The van der Waals surface area contributed by atoms with Crippen molar-refractivity contribution in [2.24, 2.45) is 5.16 Å². The number of hydrogen-bond acceptors (Lipinski definition) is 6. The summed E-state index contributed by atoms with van der Waals surface area (Å²) >= 11 is 0. The summed E-state index contributed by atoms with van der Waals surface area (Å²) < 4.78 is 19.7. The summed E-state index contributed by atoms with van der Waals surface area (Å²) in [5, 5.41) is 14.6. The van der Waals surface area contributed by atoms with Crippen LogP contribution in [0.3, 0.4) is 0 Å². The predicted molar refractivity (Wildman–Crippen MR) is 88.8 cm³/mol. The van der Waals surface area contributed by atoms with Crippen molar-refractivity contribution in [3.8, 4) is 0 Å². The molecule has 0 spiro atoms. The normalized spacial score (nSPS) is 21.8. The van der Waals surface area contributed by atoms with Crippen LogP contribution in [0.4, 0.5) is 20.6 Å². The highest BCUT2D eigenvalue weighted by Gasteiger charge is 2.33. The van der Waals surface area contributed by atoms with Gasteiger partial charge in [-0.2, -0.15) is 0 Å². The summed E-state index contributed by atoms with van der Waals surface area (Å²) in [6.45, 7) is 2.78. The maximum atomic E-state index is 14.5. The fourth-order valence-electron chi connectivity index (χ4n) is 2.95. The molecule has 3 rings (SSSR count). The number of ether oxygens (including phenoxy) is 1. The second-order valence-corrected chi connectivity index (χ2v) is 6.03. The Morgan fingerprint density at radius 3 is 2.96 bits per heavy atom. The molecule has 0 saturated carbocycles. The molecule has 2 N–H and O–H groups in total. The van der Waals surface area contributed by atoms with E-state index in [-0.39, 0.29) is 19.0 Å². The van der Waals surface area contributed by atoms with Gasteiger partial charge in [-0.1, -0.05) is 5.16 Å². The first-order chi connectivity index (χ1) is 12.0. The van der Waals surface area contributed by atoms with Crippen molar-refractivity contribution in [3.05, 3.63) is 24.0 Å². The van der Waals surface area contributed by atoms with E-state index in [1.54, 1.807) is 17.0 Å². The van der Waals surface area contributed by atoms with Gasteiger partial charge in [-0.05, 0) is 18.2 Å². The van der Waals surface area contributed by atoms with Crippen LogP contribution in [-0.2, 0) is 9.53 Å². The second-order valence-electron chi connectivity index (χ2n) is 6.03. The Labute approximate surface area is 143 Å². The van der Waals surface area contributed by atoms with Crippen LogP contribution in [0.1, 0.15) is 13.3 Å². The molecule has 0 aliphatic carbocycles. The van der Waals surface area contributed by atoms with Crippen LogP contribution in [-0.4, -0.2) is 55.2 Å². The number of nitrogens with one attached hydrogen (secondary N) is 1. The molecule has 1 atom stereocenters. The lowest BCUT2D eigenvalue weighted by Gasteiger charge is -2.20. The lowest BCUT2D eigenvalue weighted by Crippen LogP contribution is -2.33. The van der Waals surface area contributed by atoms with Crippen molar-refractivity contribution < 1.29 is 23.9 Å². The third-order valence-electron chi connectivity index (χ3n) is 4.22. The lowest BCUT2D eigenvalue weighted by molar-refractivity contribution is -0.119. The summed E-state index contributed by atoms with van der Waals surface area (Å²) in [5.74, 6) is -0.670. The topological polar surface area (TPSA) is 94.5 Å². The minimum atomic E-state index is -0.571. The fourth-order valence-corrected chi connectivity index (χ4v) is 2.95. The molecule has 2 aliphatic rings. The number of hydrogen-bond donors (Lipinski definition) is 2. The Morgan fingerprint density at radius 1 is 1.52 bits per heavy atom. The lowest BCUT2D eigenvalue weighted by atomic mass is 10.2. The molecule has 2 heterocycles. The molecule has 1 aromatic carbocycles. The van der Waals surface area contributed by atoms with E-state index >= 15 is 0 Å². The monoisotopic (exact) mass is 350 g/mol. The summed E-state index contributed by atoms with van der Waals surface area (Å²) in [4.78, 5) is 26.0. The summed E-state index contributed by atoms with van der Waals surface area (Å²) in [6.07, 6.45) is -0.458. The Bertz CT molecular complexity index is 724. The molecule has 2 fully saturated rings. The van der Waals surface area contributed by atoms with Crippen LogP contribution in [0, 0.1) is 5.82 Å². The standard InChI is InChI=1S/C16H19FN4O4/c1-10(22)18-7-13-9-21(16(23)25-13)12-2-3-15(14(17)6-12)20-5-4-11(8-20)19-24/h2-3,6,13,24H,4-5,7-9H2,1H3,(H,18,22)/t13-/m0/s1. The molecule has 134 valence electrons. The first-order valence-electron chi connectivity index (χ1n) is 7.95.